The number of sulfonamides is 1. The molecule has 0 bridgehead atoms. The van der Waals surface area contributed by atoms with E-state index in [4.69, 9.17) is 32.7 Å². The number of halogens is 2. The number of hydrogen-bond donors (Lipinski definition) is 1. The van der Waals surface area contributed by atoms with Gasteiger partial charge in [-0.05, 0) is 42.3 Å². The average Bonchev–Trinajstić information content (AvgIpc) is 2.68. The third kappa shape index (κ3) is 4.78. The van der Waals surface area contributed by atoms with Crippen molar-refractivity contribution in [3.63, 3.8) is 0 Å². The van der Waals surface area contributed by atoms with Crippen LogP contribution in [0.15, 0.2) is 35.2 Å². The van der Waals surface area contributed by atoms with Crippen LogP contribution in [0, 0.1) is 0 Å². The molecule has 0 aliphatic carbocycles. The highest BCUT2D eigenvalue weighted by molar-refractivity contribution is 7.89. The van der Waals surface area contributed by atoms with Gasteiger partial charge in [-0.2, -0.15) is 0 Å². The van der Waals surface area contributed by atoms with Crippen LogP contribution in [-0.4, -0.2) is 52.5 Å². The molecule has 1 heterocycles. The van der Waals surface area contributed by atoms with Crippen LogP contribution in [0.2, 0.25) is 10.0 Å². The van der Waals surface area contributed by atoms with Crippen molar-refractivity contribution in [2.24, 2.45) is 0 Å². The molecule has 0 atom stereocenters. The minimum Gasteiger partial charge on any atom is -0.486 e. The number of rotatable bonds is 6. The number of nitrogens with zero attached hydrogens (tertiary/aromatic N) is 1. The van der Waals surface area contributed by atoms with E-state index in [1.165, 1.54) is 32.3 Å². The Kier molecular flexibility index (Phi) is 6.58. The van der Waals surface area contributed by atoms with Gasteiger partial charge in [-0.15, -0.1) is 0 Å². The molecule has 29 heavy (non-hydrogen) atoms. The van der Waals surface area contributed by atoms with Gasteiger partial charge in [-0.25, -0.2) is 12.7 Å². The fourth-order valence-electron chi connectivity index (χ4n) is 2.77. The summed E-state index contributed by atoms with van der Waals surface area (Å²) in [6, 6.07) is 7.62. The highest BCUT2D eigenvalue weighted by Gasteiger charge is 2.21. The Morgan fingerprint density at radius 2 is 1.83 bits per heavy atom. The summed E-state index contributed by atoms with van der Waals surface area (Å²) in [5.74, 6) is 0.639. The van der Waals surface area contributed by atoms with Crippen LogP contribution in [0.3, 0.4) is 0 Å². The van der Waals surface area contributed by atoms with E-state index in [0.29, 0.717) is 42.7 Å². The van der Waals surface area contributed by atoms with E-state index < -0.39 is 15.9 Å². The largest absolute Gasteiger partial charge is 0.486 e. The van der Waals surface area contributed by atoms with Crippen molar-refractivity contribution in [3.05, 3.63) is 51.5 Å². The molecule has 0 aromatic heterocycles. The second-order valence-corrected chi connectivity index (χ2v) is 9.50. The summed E-state index contributed by atoms with van der Waals surface area (Å²) in [7, 11) is -0.835. The Morgan fingerprint density at radius 3 is 2.55 bits per heavy atom. The zero-order chi connectivity index (χ0) is 21.2. The predicted octanol–water partition coefficient (Wildman–Crippen LogP) is 2.99. The highest BCUT2D eigenvalue weighted by atomic mass is 35.5. The standard InChI is InChI=1S/C19H20Cl2N2O5S/c1-23(2)29(25,26)13-3-4-15(20)14(11-13)19(24)22-6-5-12-9-16(21)18-17(10-12)27-7-8-28-18/h3-4,9-11H,5-8H2,1-2H3,(H,22,24). The number of ether oxygens (including phenoxy) is 2. The van der Waals surface area contributed by atoms with Crippen molar-refractivity contribution in [1.29, 1.82) is 0 Å². The maximum absolute atomic E-state index is 12.5. The van der Waals surface area contributed by atoms with Crippen LogP contribution in [0.4, 0.5) is 0 Å². The van der Waals surface area contributed by atoms with E-state index in [1.807, 2.05) is 6.07 Å². The lowest BCUT2D eigenvalue weighted by atomic mass is 10.1. The molecular weight excluding hydrogens is 439 g/mol. The number of carbonyl (C=O) groups excluding carboxylic acids is 1. The molecular formula is C19H20Cl2N2O5S. The zero-order valence-corrected chi connectivity index (χ0v) is 18.2. The Balaban J connectivity index is 1.69. The third-order valence-corrected chi connectivity index (χ3v) is 6.74. The molecule has 156 valence electrons. The van der Waals surface area contributed by atoms with Crippen molar-refractivity contribution in [2.75, 3.05) is 33.9 Å². The molecule has 0 spiro atoms. The molecule has 3 rings (SSSR count). The molecule has 0 saturated heterocycles. The molecule has 2 aromatic rings. The van der Waals surface area contributed by atoms with Gasteiger partial charge in [0.15, 0.2) is 11.5 Å². The Hall–Kier alpha value is -2.00. The lowest BCUT2D eigenvalue weighted by molar-refractivity contribution is 0.0954. The van der Waals surface area contributed by atoms with Crippen molar-refractivity contribution < 1.29 is 22.7 Å². The van der Waals surface area contributed by atoms with E-state index in [0.717, 1.165) is 9.87 Å². The van der Waals surface area contributed by atoms with Crippen molar-refractivity contribution >= 4 is 39.1 Å². The molecule has 1 aliphatic heterocycles. The van der Waals surface area contributed by atoms with Crippen LogP contribution in [0.1, 0.15) is 15.9 Å². The Labute approximate surface area is 179 Å². The molecule has 7 nitrogen and oxygen atoms in total. The minimum absolute atomic E-state index is 0.00401. The maximum atomic E-state index is 12.5. The van der Waals surface area contributed by atoms with Gasteiger partial charge in [0.2, 0.25) is 10.0 Å². The van der Waals surface area contributed by atoms with Gasteiger partial charge in [0.1, 0.15) is 13.2 Å². The Morgan fingerprint density at radius 1 is 1.10 bits per heavy atom. The number of nitrogens with one attached hydrogen (secondary N) is 1. The van der Waals surface area contributed by atoms with Crippen molar-refractivity contribution in [2.45, 2.75) is 11.3 Å². The summed E-state index contributed by atoms with van der Waals surface area (Å²) < 4.78 is 36.7. The topological polar surface area (TPSA) is 84.9 Å². The van der Waals surface area contributed by atoms with E-state index in [-0.39, 0.29) is 15.5 Å². The molecule has 0 fully saturated rings. The normalized spacial score (nSPS) is 13.4. The van der Waals surface area contributed by atoms with Crippen LogP contribution < -0.4 is 14.8 Å². The first-order chi connectivity index (χ1) is 13.7. The zero-order valence-electron chi connectivity index (χ0n) is 15.9. The first-order valence-electron chi connectivity index (χ1n) is 8.78. The molecule has 0 unspecified atom stereocenters. The molecule has 10 heteroatoms. The van der Waals surface area contributed by atoms with E-state index in [9.17, 15) is 13.2 Å². The van der Waals surface area contributed by atoms with Gasteiger partial charge in [-0.1, -0.05) is 23.2 Å². The Bertz CT molecular complexity index is 1040. The van der Waals surface area contributed by atoms with Crippen LogP contribution in [0.5, 0.6) is 11.5 Å². The molecule has 1 aliphatic rings. The van der Waals surface area contributed by atoms with Gasteiger partial charge >= 0.3 is 0 Å². The lowest BCUT2D eigenvalue weighted by Gasteiger charge is -2.20. The molecule has 1 amide bonds. The van der Waals surface area contributed by atoms with Gasteiger partial charge in [-0.3, -0.25) is 4.79 Å². The molecule has 2 aromatic carbocycles. The fraction of sp³-hybridized carbons (Fsp3) is 0.316. The second-order valence-electron chi connectivity index (χ2n) is 6.54. The molecule has 1 N–H and O–H groups in total. The summed E-state index contributed by atoms with van der Waals surface area (Å²) in [6.45, 7) is 1.20. The monoisotopic (exact) mass is 458 g/mol. The number of fused-ring (bicyclic) bond motifs is 1. The van der Waals surface area contributed by atoms with Gasteiger partial charge in [0, 0.05) is 20.6 Å². The molecule has 0 saturated carbocycles. The number of benzene rings is 2. The van der Waals surface area contributed by atoms with E-state index in [1.54, 1.807) is 6.07 Å². The third-order valence-electron chi connectivity index (χ3n) is 4.32. The predicted molar refractivity (Wildman–Crippen MR) is 111 cm³/mol. The van der Waals surface area contributed by atoms with Crippen molar-refractivity contribution in [3.8, 4) is 11.5 Å². The summed E-state index contributed by atoms with van der Waals surface area (Å²) in [4.78, 5) is 12.5. The summed E-state index contributed by atoms with van der Waals surface area (Å²) in [5, 5.41) is 3.37. The first kappa shape index (κ1) is 21.7. The van der Waals surface area contributed by atoms with Gasteiger partial charge in [0.25, 0.3) is 5.91 Å². The summed E-state index contributed by atoms with van der Waals surface area (Å²) >= 11 is 12.3. The number of amides is 1. The number of hydrogen-bond acceptors (Lipinski definition) is 5. The maximum Gasteiger partial charge on any atom is 0.252 e. The SMILES string of the molecule is CN(C)S(=O)(=O)c1ccc(Cl)c(C(=O)NCCc2cc(Cl)c3c(c2)OCCO3)c1. The van der Waals surface area contributed by atoms with Crippen LogP contribution in [-0.2, 0) is 16.4 Å². The van der Waals surface area contributed by atoms with E-state index in [2.05, 4.69) is 5.32 Å². The average molecular weight is 459 g/mol. The van der Waals surface area contributed by atoms with Crippen LogP contribution >= 0.6 is 23.2 Å². The van der Waals surface area contributed by atoms with E-state index >= 15 is 0 Å². The fourth-order valence-corrected chi connectivity index (χ4v) is 4.19. The smallest absolute Gasteiger partial charge is 0.252 e. The van der Waals surface area contributed by atoms with Crippen LogP contribution in [0.25, 0.3) is 0 Å². The highest BCUT2D eigenvalue weighted by Crippen LogP contribution is 2.38. The molecule has 0 radical (unpaired) electrons. The lowest BCUT2D eigenvalue weighted by Crippen LogP contribution is -2.27. The minimum atomic E-state index is -3.67. The first-order valence-corrected chi connectivity index (χ1v) is 11.0. The van der Waals surface area contributed by atoms with Crippen molar-refractivity contribution in [1.82, 2.24) is 9.62 Å². The summed E-state index contributed by atoms with van der Waals surface area (Å²) in [5.41, 5.74) is 0.962. The quantitative estimate of drug-likeness (QED) is 0.718. The summed E-state index contributed by atoms with van der Waals surface area (Å²) in [6.07, 6.45) is 0.495. The second kappa shape index (κ2) is 8.79. The van der Waals surface area contributed by atoms with Gasteiger partial charge in [0.05, 0.1) is 20.5 Å². The van der Waals surface area contributed by atoms with Gasteiger partial charge < -0.3 is 14.8 Å². The number of carbonyl (C=O) groups is 1.